The van der Waals surface area contributed by atoms with Crippen molar-refractivity contribution in [3.63, 3.8) is 0 Å². The standard InChI is InChI=1S/C22H33N3O.C2HF3O2/c1-2-3-4-5-6-7-8-9-10-18-11-13-20(14-12-18)22-24-21(26-25-22)15-19-16-23-17-19;3-2(4,5)1(6)7/h11-14,19,23H,2-10,15-17H2,1H3;(H,6,7). The number of benzene rings is 1. The summed E-state index contributed by atoms with van der Waals surface area (Å²) in [6.45, 7) is 4.40. The van der Waals surface area contributed by atoms with Crippen molar-refractivity contribution in [2.24, 2.45) is 5.92 Å². The number of carboxylic acids is 1. The Kier molecular flexibility index (Phi) is 11.4. The molecule has 2 N–H and O–H groups in total. The van der Waals surface area contributed by atoms with E-state index in [0.29, 0.717) is 11.7 Å². The van der Waals surface area contributed by atoms with Crippen molar-refractivity contribution in [1.82, 2.24) is 15.5 Å². The van der Waals surface area contributed by atoms with Crippen LogP contribution in [0, 0.1) is 5.92 Å². The number of hydrogen-bond acceptors (Lipinski definition) is 5. The van der Waals surface area contributed by atoms with Crippen molar-refractivity contribution in [3.05, 3.63) is 35.7 Å². The molecule has 1 saturated heterocycles. The van der Waals surface area contributed by atoms with Gasteiger partial charge in [0.25, 0.3) is 0 Å². The number of aliphatic carboxylic acids is 1. The van der Waals surface area contributed by atoms with Gasteiger partial charge >= 0.3 is 12.1 Å². The van der Waals surface area contributed by atoms with Crippen LogP contribution in [0.4, 0.5) is 13.2 Å². The summed E-state index contributed by atoms with van der Waals surface area (Å²) in [6.07, 6.45) is 7.93. The molecule has 9 heteroatoms. The van der Waals surface area contributed by atoms with E-state index in [1.165, 1.54) is 63.4 Å². The first-order valence-electron chi connectivity index (χ1n) is 11.7. The largest absolute Gasteiger partial charge is 0.490 e. The van der Waals surface area contributed by atoms with Gasteiger partial charge in [0.2, 0.25) is 11.7 Å². The quantitative estimate of drug-likeness (QED) is 0.381. The van der Waals surface area contributed by atoms with Crippen LogP contribution in [0.15, 0.2) is 28.8 Å². The lowest BCUT2D eigenvalue weighted by atomic mass is 10.00. The number of nitrogens with zero attached hydrogens (tertiary/aromatic N) is 2. The minimum absolute atomic E-state index is 0.650. The number of nitrogens with one attached hydrogen (secondary N) is 1. The average Bonchev–Trinajstić information content (AvgIpc) is 3.22. The average molecular weight is 470 g/mol. The van der Waals surface area contributed by atoms with Gasteiger partial charge in [0.05, 0.1) is 0 Å². The minimum Gasteiger partial charge on any atom is -0.475 e. The highest BCUT2D eigenvalue weighted by Gasteiger charge is 2.38. The second-order valence-electron chi connectivity index (χ2n) is 8.46. The summed E-state index contributed by atoms with van der Waals surface area (Å²) in [7, 11) is 0. The first-order valence-corrected chi connectivity index (χ1v) is 11.7. The van der Waals surface area contributed by atoms with Crippen molar-refractivity contribution in [3.8, 4) is 11.4 Å². The Hall–Kier alpha value is -2.42. The Morgan fingerprint density at radius 2 is 1.64 bits per heavy atom. The van der Waals surface area contributed by atoms with Crippen molar-refractivity contribution >= 4 is 5.97 Å². The Bertz CT molecular complexity index is 818. The van der Waals surface area contributed by atoms with Gasteiger partial charge in [-0.15, -0.1) is 0 Å². The van der Waals surface area contributed by atoms with Gasteiger partial charge in [0.1, 0.15) is 0 Å². The van der Waals surface area contributed by atoms with Crippen molar-refractivity contribution in [2.75, 3.05) is 13.1 Å². The fourth-order valence-corrected chi connectivity index (χ4v) is 3.48. The number of halogens is 3. The van der Waals surface area contributed by atoms with E-state index in [2.05, 4.69) is 46.6 Å². The fourth-order valence-electron chi connectivity index (χ4n) is 3.48. The monoisotopic (exact) mass is 469 g/mol. The van der Waals surface area contributed by atoms with E-state index < -0.39 is 12.1 Å². The zero-order valence-electron chi connectivity index (χ0n) is 19.2. The normalized spacial score (nSPS) is 13.8. The number of unbranched alkanes of at least 4 members (excludes halogenated alkanes) is 7. The van der Waals surface area contributed by atoms with Gasteiger partial charge in [-0.2, -0.15) is 18.2 Å². The molecule has 0 unspecified atom stereocenters. The number of carboxylic acid groups (broad SMARTS) is 1. The molecule has 184 valence electrons. The van der Waals surface area contributed by atoms with Crippen LogP contribution in [0.25, 0.3) is 11.4 Å². The second kappa shape index (κ2) is 14.0. The van der Waals surface area contributed by atoms with E-state index in [9.17, 15) is 13.2 Å². The Morgan fingerprint density at radius 1 is 1.06 bits per heavy atom. The third-order valence-corrected chi connectivity index (χ3v) is 5.57. The van der Waals surface area contributed by atoms with Crippen LogP contribution in [-0.4, -0.2) is 40.5 Å². The third-order valence-electron chi connectivity index (χ3n) is 5.57. The van der Waals surface area contributed by atoms with Gasteiger partial charge < -0.3 is 14.9 Å². The fraction of sp³-hybridized carbons (Fsp3) is 0.625. The lowest BCUT2D eigenvalue weighted by molar-refractivity contribution is -0.192. The Labute approximate surface area is 193 Å². The summed E-state index contributed by atoms with van der Waals surface area (Å²) in [5, 5.41) is 14.5. The topological polar surface area (TPSA) is 88.3 Å². The molecule has 1 aromatic heterocycles. The maximum Gasteiger partial charge on any atom is 0.490 e. The van der Waals surface area contributed by atoms with Crippen LogP contribution in [0.1, 0.15) is 69.7 Å². The Morgan fingerprint density at radius 3 is 2.15 bits per heavy atom. The molecule has 0 atom stereocenters. The van der Waals surface area contributed by atoms with Crippen LogP contribution >= 0.6 is 0 Å². The molecule has 3 rings (SSSR count). The van der Waals surface area contributed by atoms with E-state index in [0.717, 1.165) is 31.0 Å². The maximum atomic E-state index is 10.6. The summed E-state index contributed by atoms with van der Waals surface area (Å²) >= 11 is 0. The van der Waals surface area contributed by atoms with Crippen molar-refractivity contribution < 1.29 is 27.6 Å². The van der Waals surface area contributed by atoms with E-state index in [1.807, 2.05) is 0 Å². The lowest BCUT2D eigenvalue weighted by Gasteiger charge is -2.25. The smallest absolute Gasteiger partial charge is 0.475 e. The molecule has 1 aliphatic rings. The van der Waals surface area contributed by atoms with Crippen molar-refractivity contribution in [1.29, 1.82) is 0 Å². The lowest BCUT2D eigenvalue weighted by Crippen LogP contribution is -2.43. The predicted molar refractivity (Wildman–Crippen MR) is 120 cm³/mol. The van der Waals surface area contributed by atoms with Gasteiger partial charge in [-0.25, -0.2) is 4.79 Å². The van der Waals surface area contributed by atoms with E-state index >= 15 is 0 Å². The highest BCUT2D eigenvalue weighted by molar-refractivity contribution is 5.73. The van der Waals surface area contributed by atoms with Gasteiger partial charge in [0, 0.05) is 12.0 Å². The molecule has 0 amide bonds. The number of alkyl halides is 3. The third kappa shape index (κ3) is 10.4. The first-order chi connectivity index (χ1) is 15.8. The first kappa shape index (κ1) is 26.8. The molecule has 0 spiro atoms. The molecule has 0 radical (unpaired) electrons. The summed E-state index contributed by atoms with van der Waals surface area (Å²) < 4.78 is 37.1. The van der Waals surface area contributed by atoms with Crippen LogP contribution in [0.2, 0.25) is 0 Å². The molecular weight excluding hydrogens is 435 g/mol. The van der Waals surface area contributed by atoms with Crippen LogP contribution < -0.4 is 5.32 Å². The van der Waals surface area contributed by atoms with Crippen LogP contribution in [0.3, 0.4) is 0 Å². The molecular formula is C24H34F3N3O3. The number of hydrogen-bond donors (Lipinski definition) is 2. The molecule has 33 heavy (non-hydrogen) atoms. The highest BCUT2D eigenvalue weighted by atomic mass is 19.4. The number of aryl methyl sites for hydroxylation is 1. The Balaban J connectivity index is 0.000000479. The zero-order valence-corrected chi connectivity index (χ0v) is 19.2. The summed E-state index contributed by atoms with van der Waals surface area (Å²) in [5.41, 5.74) is 2.45. The summed E-state index contributed by atoms with van der Waals surface area (Å²) in [6, 6.07) is 8.67. The predicted octanol–water partition coefficient (Wildman–Crippen LogP) is 5.82. The molecule has 2 aromatic rings. The van der Waals surface area contributed by atoms with Crippen molar-refractivity contribution in [2.45, 2.75) is 77.3 Å². The van der Waals surface area contributed by atoms with Gasteiger partial charge in [-0.3, -0.25) is 0 Å². The summed E-state index contributed by atoms with van der Waals surface area (Å²) in [4.78, 5) is 13.4. The van der Waals surface area contributed by atoms with Gasteiger partial charge in [0.15, 0.2) is 0 Å². The van der Waals surface area contributed by atoms with Gasteiger partial charge in [-0.05, 0) is 37.4 Å². The van der Waals surface area contributed by atoms with E-state index in [4.69, 9.17) is 14.4 Å². The SMILES string of the molecule is CCCCCCCCCCc1ccc(-c2noc(CC3CNC3)n2)cc1.O=C(O)C(F)(F)F. The number of rotatable bonds is 12. The molecule has 2 heterocycles. The molecule has 1 aliphatic heterocycles. The summed E-state index contributed by atoms with van der Waals surface area (Å²) in [5.74, 6) is -0.634. The maximum absolute atomic E-state index is 10.6. The molecule has 0 bridgehead atoms. The molecule has 6 nitrogen and oxygen atoms in total. The van der Waals surface area contributed by atoms with Crippen LogP contribution in [0.5, 0.6) is 0 Å². The molecule has 1 fully saturated rings. The highest BCUT2D eigenvalue weighted by Crippen LogP contribution is 2.20. The number of carbonyl (C=O) groups is 1. The van der Waals surface area contributed by atoms with E-state index in [-0.39, 0.29) is 0 Å². The zero-order chi connectivity index (χ0) is 24.1. The molecule has 1 aromatic carbocycles. The van der Waals surface area contributed by atoms with Crippen LogP contribution in [-0.2, 0) is 17.6 Å². The number of aromatic nitrogens is 2. The molecule has 0 saturated carbocycles. The van der Waals surface area contributed by atoms with E-state index in [1.54, 1.807) is 0 Å². The van der Waals surface area contributed by atoms with Gasteiger partial charge in [-0.1, -0.05) is 81.3 Å². The second-order valence-corrected chi connectivity index (χ2v) is 8.46. The molecule has 0 aliphatic carbocycles. The minimum atomic E-state index is -5.08.